The van der Waals surface area contributed by atoms with Crippen molar-refractivity contribution in [2.24, 2.45) is 0 Å². The minimum Gasteiger partial charge on any atom is -0.345 e. The summed E-state index contributed by atoms with van der Waals surface area (Å²) in [5, 5.41) is 9.49. The smallest absolute Gasteiger partial charge is 0.221 e. The quantitative estimate of drug-likeness (QED) is 0.823. The third-order valence-corrected chi connectivity index (χ3v) is 2.36. The lowest BCUT2D eigenvalue weighted by Gasteiger charge is -2.24. The molecule has 1 rings (SSSR count). The molecule has 0 radical (unpaired) electrons. The maximum atomic E-state index is 13.2. The Morgan fingerprint density at radius 3 is 2.87 bits per heavy atom. The van der Waals surface area contributed by atoms with Crippen LogP contribution >= 0.6 is 15.9 Å². The van der Waals surface area contributed by atoms with E-state index in [1.54, 1.807) is 13.8 Å². The summed E-state index contributed by atoms with van der Waals surface area (Å²) in [4.78, 5) is 11.4. The lowest BCUT2D eigenvalue weighted by molar-refractivity contribution is -0.122. The van der Waals surface area contributed by atoms with Crippen molar-refractivity contribution in [2.75, 3.05) is 5.33 Å². The molecule has 0 bridgehead atoms. The molecule has 0 spiro atoms. The second-order valence-electron chi connectivity index (χ2n) is 3.69. The summed E-state index contributed by atoms with van der Waals surface area (Å²) in [5.74, 6) is -0.585. The molecule has 0 saturated carbocycles. The topological polar surface area (TPSA) is 57.8 Å². The maximum absolute atomic E-state index is 13.2. The highest BCUT2D eigenvalue weighted by Gasteiger charge is 2.28. The first-order chi connectivity index (χ1) is 6.97. The molecule has 0 aromatic carbocycles. The first-order valence-electron chi connectivity index (χ1n) is 4.54. The number of nitrogens with one attached hydrogen (secondary N) is 2. The van der Waals surface area contributed by atoms with E-state index in [1.165, 1.54) is 0 Å². The van der Waals surface area contributed by atoms with Gasteiger partial charge in [0, 0.05) is 11.8 Å². The first kappa shape index (κ1) is 12.2. The summed E-state index contributed by atoms with van der Waals surface area (Å²) in [7, 11) is 0. The number of nitrogens with zero attached hydrogens (tertiary/aromatic N) is 1. The van der Waals surface area contributed by atoms with E-state index in [2.05, 4.69) is 31.4 Å². The Morgan fingerprint density at radius 2 is 2.40 bits per heavy atom. The number of alkyl halides is 1. The molecule has 0 aliphatic carbocycles. The Bertz CT molecular complexity index is 351. The van der Waals surface area contributed by atoms with E-state index in [0.717, 1.165) is 6.20 Å². The van der Waals surface area contributed by atoms with Crippen LogP contribution in [0.25, 0.3) is 0 Å². The van der Waals surface area contributed by atoms with Crippen molar-refractivity contribution in [1.82, 2.24) is 15.5 Å². The van der Waals surface area contributed by atoms with Gasteiger partial charge in [-0.05, 0) is 13.8 Å². The van der Waals surface area contributed by atoms with Crippen LogP contribution in [0.1, 0.15) is 26.0 Å². The molecule has 0 aliphatic rings. The van der Waals surface area contributed by atoms with Gasteiger partial charge >= 0.3 is 0 Å². The summed E-state index contributed by atoms with van der Waals surface area (Å²) >= 11 is 3.16. The van der Waals surface area contributed by atoms with E-state index in [1.807, 2.05) is 0 Å². The van der Waals surface area contributed by atoms with Crippen LogP contribution in [0.15, 0.2) is 6.20 Å². The molecule has 1 heterocycles. The van der Waals surface area contributed by atoms with E-state index >= 15 is 0 Å². The van der Waals surface area contributed by atoms with E-state index in [-0.39, 0.29) is 11.6 Å². The van der Waals surface area contributed by atoms with Crippen LogP contribution in [0.4, 0.5) is 4.39 Å². The number of amides is 1. The van der Waals surface area contributed by atoms with Gasteiger partial charge in [0.05, 0.1) is 11.7 Å². The molecule has 0 saturated heterocycles. The Morgan fingerprint density at radius 1 is 1.73 bits per heavy atom. The maximum Gasteiger partial charge on any atom is 0.221 e. The Hall–Kier alpha value is -0.910. The van der Waals surface area contributed by atoms with Crippen molar-refractivity contribution in [3.05, 3.63) is 17.7 Å². The average molecular weight is 278 g/mol. The second kappa shape index (κ2) is 4.74. The predicted molar refractivity (Wildman–Crippen MR) is 58.1 cm³/mol. The van der Waals surface area contributed by atoms with Gasteiger partial charge in [0.15, 0.2) is 5.82 Å². The zero-order valence-corrected chi connectivity index (χ0v) is 10.2. The van der Waals surface area contributed by atoms with Crippen LogP contribution in [-0.2, 0) is 10.3 Å². The standard InChI is InChI=1S/C9H13BrFN3O/c1-9(2,13-7(15)3-4-10)8-6(11)5-12-14-8/h5H,3-4H2,1-2H3,(H,12,14)(H,13,15). The number of hydrogen-bond acceptors (Lipinski definition) is 2. The van der Waals surface area contributed by atoms with Crippen molar-refractivity contribution in [3.8, 4) is 0 Å². The summed E-state index contributed by atoms with van der Waals surface area (Å²) < 4.78 is 13.2. The highest BCUT2D eigenvalue weighted by atomic mass is 79.9. The monoisotopic (exact) mass is 277 g/mol. The molecule has 1 aromatic heterocycles. The molecule has 0 aliphatic heterocycles. The number of carbonyl (C=O) groups is 1. The molecule has 2 N–H and O–H groups in total. The third kappa shape index (κ3) is 3.02. The first-order valence-corrected chi connectivity index (χ1v) is 5.66. The summed E-state index contributed by atoms with van der Waals surface area (Å²) in [6.07, 6.45) is 1.52. The zero-order valence-electron chi connectivity index (χ0n) is 8.60. The molecule has 0 atom stereocenters. The minimum atomic E-state index is -0.802. The Balaban J connectivity index is 2.75. The second-order valence-corrected chi connectivity index (χ2v) is 4.49. The summed E-state index contributed by atoms with van der Waals surface area (Å²) in [6.45, 7) is 3.41. The van der Waals surface area contributed by atoms with Crippen molar-refractivity contribution >= 4 is 21.8 Å². The predicted octanol–water partition coefficient (Wildman–Crippen LogP) is 1.69. The fourth-order valence-electron chi connectivity index (χ4n) is 1.27. The summed E-state index contributed by atoms with van der Waals surface area (Å²) in [6, 6.07) is 0. The summed E-state index contributed by atoms with van der Waals surface area (Å²) in [5.41, 5.74) is -0.589. The van der Waals surface area contributed by atoms with Crippen molar-refractivity contribution in [2.45, 2.75) is 25.8 Å². The highest BCUT2D eigenvalue weighted by molar-refractivity contribution is 9.09. The fourth-order valence-corrected chi connectivity index (χ4v) is 1.63. The normalized spacial score (nSPS) is 11.5. The number of carbonyl (C=O) groups excluding carboxylic acids is 1. The molecule has 1 aromatic rings. The van der Waals surface area contributed by atoms with E-state index in [9.17, 15) is 9.18 Å². The van der Waals surface area contributed by atoms with Crippen molar-refractivity contribution in [3.63, 3.8) is 0 Å². The fraction of sp³-hybridized carbons (Fsp3) is 0.556. The Labute approximate surface area is 95.8 Å². The van der Waals surface area contributed by atoms with Crippen molar-refractivity contribution < 1.29 is 9.18 Å². The van der Waals surface area contributed by atoms with E-state index < -0.39 is 11.4 Å². The van der Waals surface area contributed by atoms with E-state index in [0.29, 0.717) is 11.8 Å². The molecule has 6 heteroatoms. The van der Waals surface area contributed by atoms with E-state index in [4.69, 9.17) is 0 Å². The molecular formula is C9H13BrFN3O. The van der Waals surface area contributed by atoms with Crippen LogP contribution in [0.2, 0.25) is 0 Å². The number of halogens is 2. The van der Waals surface area contributed by atoms with Crippen molar-refractivity contribution in [1.29, 1.82) is 0 Å². The van der Waals surface area contributed by atoms with Gasteiger partial charge in [-0.3, -0.25) is 9.89 Å². The molecule has 15 heavy (non-hydrogen) atoms. The van der Waals surface area contributed by atoms with Crippen LogP contribution < -0.4 is 5.32 Å². The number of rotatable bonds is 4. The largest absolute Gasteiger partial charge is 0.345 e. The molecular weight excluding hydrogens is 265 g/mol. The van der Waals surface area contributed by atoms with Gasteiger partial charge < -0.3 is 5.32 Å². The molecule has 1 amide bonds. The zero-order chi connectivity index (χ0) is 11.5. The molecule has 84 valence electrons. The average Bonchev–Trinajstić information content (AvgIpc) is 2.51. The lowest BCUT2D eigenvalue weighted by Crippen LogP contribution is -2.42. The molecule has 4 nitrogen and oxygen atoms in total. The van der Waals surface area contributed by atoms with Gasteiger partial charge in [0.1, 0.15) is 5.69 Å². The highest BCUT2D eigenvalue weighted by Crippen LogP contribution is 2.20. The van der Waals surface area contributed by atoms with Crippen LogP contribution in [0.5, 0.6) is 0 Å². The van der Waals surface area contributed by atoms with Gasteiger partial charge in [-0.25, -0.2) is 4.39 Å². The minimum absolute atomic E-state index is 0.140. The molecule has 0 unspecified atom stereocenters. The van der Waals surface area contributed by atoms with Gasteiger partial charge in [0.25, 0.3) is 0 Å². The number of H-pyrrole nitrogens is 1. The van der Waals surface area contributed by atoms with Crippen LogP contribution in [0.3, 0.4) is 0 Å². The van der Waals surface area contributed by atoms with Gasteiger partial charge in [-0.15, -0.1) is 0 Å². The SMILES string of the molecule is CC(C)(NC(=O)CCBr)c1n[nH]cc1F. The number of aromatic nitrogens is 2. The van der Waals surface area contributed by atoms with Gasteiger partial charge in [-0.1, -0.05) is 15.9 Å². The lowest BCUT2D eigenvalue weighted by atomic mass is 10.0. The molecule has 0 fully saturated rings. The van der Waals surface area contributed by atoms with Crippen LogP contribution in [-0.4, -0.2) is 21.4 Å². The number of aromatic amines is 1. The van der Waals surface area contributed by atoms with Crippen LogP contribution in [0, 0.1) is 5.82 Å². The van der Waals surface area contributed by atoms with Gasteiger partial charge in [0.2, 0.25) is 5.91 Å². The number of hydrogen-bond donors (Lipinski definition) is 2. The third-order valence-electron chi connectivity index (χ3n) is 1.96. The Kier molecular flexibility index (Phi) is 3.84. The van der Waals surface area contributed by atoms with Gasteiger partial charge in [-0.2, -0.15) is 5.10 Å².